The maximum Gasteiger partial charge on any atom is 0.416 e. The highest BCUT2D eigenvalue weighted by Crippen LogP contribution is 2.31. The zero-order chi connectivity index (χ0) is 28.9. The molecular formula is C26H29F6NO5. The number of aliphatic hydroxyl groups excluding tert-OH is 1. The van der Waals surface area contributed by atoms with Crippen LogP contribution in [0.25, 0.3) is 0 Å². The molecular weight excluding hydrogens is 520 g/mol. The number of alkyl halides is 6. The quantitative estimate of drug-likeness (QED) is 0.341. The molecule has 0 fully saturated rings. The van der Waals surface area contributed by atoms with E-state index in [4.69, 9.17) is 4.74 Å². The fourth-order valence-corrected chi connectivity index (χ4v) is 3.67. The third-order valence-corrected chi connectivity index (χ3v) is 5.54. The number of halogens is 6. The minimum absolute atomic E-state index is 0.148. The first kappa shape index (κ1) is 30.9. The van der Waals surface area contributed by atoms with Gasteiger partial charge in [-0.25, -0.2) is 4.79 Å². The van der Waals surface area contributed by atoms with Gasteiger partial charge in [0.25, 0.3) is 0 Å². The summed E-state index contributed by atoms with van der Waals surface area (Å²) in [6.45, 7) is 4.79. The van der Waals surface area contributed by atoms with Crippen molar-refractivity contribution in [2.24, 2.45) is 5.92 Å². The van der Waals surface area contributed by atoms with Crippen molar-refractivity contribution in [3.8, 4) is 0 Å². The predicted molar refractivity (Wildman–Crippen MR) is 125 cm³/mol. The Labute approximate surface area is 215 Å². The van der Waals surface area contributed by atoms with Gasteiger partial charge in [-0.05, 0) is 75.4 Å². The Kier molecular flexibility index (Phi) is 9.82. The van der Waals surface area contributed by atoms with Crippen LogP contribution in [0.5, 0.6) is 0 Å². The molecule has 3 atom stereocenters. The SMILES string of the molecule is CC(C)(C)OC(=O)NC(Cc1ccc(C(F)(F)F)cc1)C(O)CC(Cc1ccc(C(F)(F)F)cc1)C(=O)O. The lowest BCUT2D eigenvalue weighted by molar-refractivity contribution is -0.143. The van der Waals surface area contributed by atoms with E-state index in [1.165, 1.54) is 12.1 Å². The van der Waals surface area contributed by atoms with Crippen molar-refractivity contribution in [1.29, 1.82) is 0 Å². The molecule has 210 valence electrons. The van der Waals surface area contributed by atoms with Gasteiger partial charge in [-0.2, -0.15) is 26.3 Å². The maximum atomic E-state index is 12.9. The fourth-order valence-electron chi connectivity index (χ4n) is 3.67. The topological polar surface area (TPSA) is 95.9 Å². The second-order valence-electron chi connectivity index (χ2n) is 9.89. The molecule has 0 spiro atoms. The Morgan fingerprint density at radius 3 is 1.61 bits per heavy atom. The first-order valence-corrected chi connectivity index (χ1v) is 11.6. The number of hydrogen-bond donors (Lipinski definition) is 3. The normalized spacial score (nSPS) is 14.9. The molecule has 2 aromatic carbocycles. The summed E-state index contributed by atoms with van der Waals surface area (Å²) in [7, 11) is 0. The van der Waals surface area contributed by atoms with Crippen LogP contribution in [0.1, 0.15) is 49.4 Å². The zero-order valence-electron chi connectivity index (χ0n) is 20.9. The number of carbonyl (C=O) groups is 2. The molecule has 38 heavy (non-hydrogen) atoms. The van der Waals surface area contributed by atoms with Crippen molar-refractivity contribution < 1.29 is 50.9 Å². The average Bonchev–Trinajstić information content (AvgIpc) is 2.76. The van der Waals surface area contributed by atoms with Gasteiger partial charge < -0.3 is 20.3 Å². The van der Waals surface area contributed by atoms with Gasteiger partial charge in [0.1, 0.15) is 5.60 Å². The summed E-state index contributed by atoms with van der Waals surface area (Å²) in [5, 5.41) is 23.0. The van der Waals surface area contributed by atoms with E-state index in [-0.39, 0.29) is 18.4 Å². The summed E-state index contributed by atoms with van der Waals surface area (Å²) in [4.78, 5) is 24.2. The van der Waals surface area contributed by atoms with Crippen LogP contribution in [-0.2, 0) is 34.7 Å². The molecule has 6 nitrogen and oxygen atoms in total. The monoisotopic (exact) mass is 549 g/mol. The van der Waals surface area contributed by atoms with Gasteiger partial charge in [0, 0.05) is 0 Å². The minimum Gasteiger partial charge on any atom is -0.481 e. The van der Waals surface area contributed by atoms with E-state index >= 15 is 0 Å². The van der Waals surface area contributed by atoms with E-state index in [2.05, 4.69) is 5.32 Å². The van der Waals surface area contributed by atoms with E-state index in [1.54, 1.807) is 20.8 Å². The number of ether oxygens (including phenoxy) is 1. The molecule has 0 aliphatic rings. The molecule has 2 rings (SSSR count). The first-order valence-electron chi connectivity index (χ1n) is 11.6. The van der Waals surface area contributed by atoms with Crippen LogP contribution < -0.4 is 5.32 Å². The summed E-state index contributed by atoms with van der Waals surface area (Å²) in [5.41, 5.74) is -2.07. The molecule has 0 aliphatic carbocycles. The Bertz CT molecular complexity index is 1080. The number of amides is 1. The van der Waals surface area contributed by atoms with Crippen LogP contribution in [0.3, 0.4) is 0 Å². The molecule has 0 radical (unpaired) electrons. The van der Waals surface area contributed by atoms with Crippen molar-refractivity contribution in [3.05, 3.63) is 70.8 Å². The minimum atomic E-state index is -4.56. The molecule has 1 amide bonds. The largest absolute Gasteiger partial charge is 0.481 e. The standard InChI is InChI=1S/C26H29F6NO5/c1-24(2,3)38-23(37)33-20(13-16-6-10-19(11-7-16)26(30,31)32)21(34)14-17(22(35)36)12-15-4-8-18(9-5-15)25(27,28)29/h4-11,17,20-21,34H,12-14H2,1-3H3,(H,33,37)(H,35,36). The number of nitrogens with one attached hydrogen (secondary N) is 1. The van der Waals surface area contributed by atoms with Gasteiger partial charge in [0.15, 0.2) is 0 Å². The Hall–Kier alpha value is -3.28. The number of benzene rings is 2. The summed E-state index contributed by atoms with van der Waals surface area (Å²) >= 11 is 0. The summed E-state index contributed by atoms with van der Waals surface area (Å²) in [6.07, 6.45) is -12.3. The average molecular weight is 550 g/mol. The van der Waals surface area contributed by atoms with E-state index in [0.29, 0.717) is 5.56 Å². The van der Waals surface area contributed by atoms with Gasteiger partial charge in [0.05, 0.1) is 29.2 Å². The fraction of sp³-hybridized carbons (Fsp3) is 0.462. The van der Waals surface area contributed by atoms with Crippen molar-refractivity contribution in [2.75, 3.05) is 0 Å². The Morgan fingerprint density at radius 1 is 0.816 bits per heavy atom. The molecule has 12 heteroatoms. The smallest absolute Gasteiger partial charge is 0.416 e. The van der Waals surface area contributed by atoms with Crippen molar-refractivity contribution in [1.82, 2.24) is 5.32 Å². The van der Waals surface area contributed by atoms with E-state index in [0.717, 1.165) is 36.4 Å². The number of aliphatic carboxylic acids is 1. The number of alkyl carbamates (subject to hydrolysis) is 1. The summed E-state index contributed by atoms with van der Waals surface area (Å²) in [6, 6.07) is 6.83. The highest BCUT2D eigenvalue weighted by molar-refractivity contribution is 5.70. The molecule has 0 heterocycles. The van der Waals surface area contributed by atoms with Crippen LogP contribution in [0.15, 0.2) is 48.5 Å². The Balaban J connectivity index is 2.22. The van der Waals surface area contributed by atoms with Crippen LogP contribution >= 0.6 is 0 Å². The highest BCUT2D eigenvalue weighted by atomic mass is 19.4. The van der Waals surface area contributed by atoms with E-state index in [9.17, 15) is 46.1 Å². The number of carbonyl (C=O) groups excluding carboxylic acids is 1. The second-order valence-corrected chi connectivity index (χ2v) is 9.89. The zero-order valence-corrected chi connectivity index (χ0v) is 20.9. The summed E-state index contributed by atoms with van der Waals surface area (Å²) < 4.78 is 82.3. The molecule has 0 bridgehead atoms. The van der Waals surface area contributed by atoms with E-state index < -0.39 is 65.6 Å². The number of rotatable bonds is 9. The van der Waals surface area contributed by atoms with Gasteiger partial charge in [-0.3, -0.25) is 4.79 Å². The van der Waals surface area contributed by atoms with Gasteiger partial charge >= 0.3 is 24.4 Å². The lowest BCUT2D eigenvalue weighted by Gasteiger charge is -2.28. The predicted octanol–water partition coefficient (Wildman–Crippen LogP) is 5.85. The third-order valence-electron chi connectivity index (χ3n) is 5.54. The number of carboxylic acids is 1. The summed E-state index contributed by atoms with van der Waals surface area (Å²) in [5.74, 6) is -2.56. The third kappa shape index (κ3) is 9.88. The Morgan fingerprint density at radius 2 is 1.24 bits per heavy atom. The van der Waals surface area contributed by atoms with Crippen LogP contribution in [-0.4, -0.2) is 40.0 Å². The molecule has 0 aliphatic heterocycles. The lowest BCUT2D eigenvalue weighted by Crippen LogP contribution is -2.47. The molecule has 3 unspecified atom stereocenters. The van der Waals surface area contributed by atoms with Gasteiger partial charge in [0.2, 0.25) is 0 Å². The first-order chi connectivity index (χ1) is 17.3. The van der Waals surface area contributed by atoms with Crippen molar-refractivity contribution in [3.63, 3.8) is 0 Å². The van der Waals surface area contributed by atoms with Crippen LogP contribution in [0, 0.1) is 5.92 Å². The lowest BCUT2D eigenvalue weighted by atomic mass is 9.89. The number of carboxylic acid groups (broad SMARTS) is 1. The maximum absolute atomic E-state index is 12.9. The molecule has 0 saturated heterocycles. The molecule has 2 aromatic rings. The van der Waals surface area contributed by atoms with Crippen LogP contribution in [0.2, 0.25) is 0 Å². The molecule has 0 aromatic heterocycles. The molecule has 3 N–H and O–H groups in total. The number of hydrogen-bond acceptors (Lipinski definition) is 4. The van der Waals surface area contributed by atoms with Gasteiger partial charge in [-0.1, -0.05) is 24.3 Å². The van der Waals surface area contributed by atoms with Crippen molar-refractivity contribution >= 4 is 12.1 Å². The van der Waals surface area contributed by atoms with Crippen LogP contribution in [0.4, 0.5) is 31.1 Å². The van der Waals surface area contributed by atoms with E-state index in [1.807, 2.05) is 0 Å². The second kappa shape index (κ2) is 12.1. The van der Waals surface area contributed by atoms with Crippen molar-refractivity contribution in [2.45, 2.75) is 70.1 Å². The van der Waals surface area contributed by atoms with Gasteiger partial charge in [-0.15, -0.1) is 0 Å². The molecule has 0 saturated carbocycles. The number of aliphatic hydroxyl groups is 1. The highest BCUT2D eigenvalue weighted by Gasteiger charge is 2.33.